The van der Waals surface area contributed by atoms with Crippen LogP contribution < -0.4 is 5.32 Å². The monoisotopic (exact) mass is 412 g/mol. The van der Waals surface area contributed by atoms with Gasteiger partial charge in [-0.2, -0.15) is 0 Å². The van der Waals surface area contributed by atoms with Crippen molar-refractivity contribution in [1.82, 2.24) is 15.0 Å². The number of aromatic nitrogens is 3. The van der Waals surface area contributed by atoms with Gasteiger partial charge in [-0.25, -0.2) is 15.0 Å². The number of anilines is 1. The molecule has 0 aliphatic carbocycles. The van der Waals surface area contributed by atoms with Crippen molar-refractivity contribution < 1.29 is 4.74 Å². The number of hydrogen-bond donors (Lipinski definition) is 1. The van der Waals surface area contributed by atoms with Crippen molar-refractivity contribution in [2.45, 2.75) is 84.3 Å². The third-order valence-electron chi connectivity index (χ3n) is 5.70. The van der Waals surface area contributed by atoms with E-state index in [2.05, 4.69) is 42.1 Å². The second kappa shape index (κ2) is 8.92. The second-order valence-electron chi connectivity index (χ2n) is 8.72. The summed E-state index contributed by atoms with van der Waals surface area (Å²) in [5, 5.41) is 4.66. The van der Waals surface area contributed by atoms with Crippen LogP contribution in [0.5, 0.6) is 0 Å². The molecular formula is C23H32N4OS. The Hall–Kier alpha value is -1.79. The normalized spacial score (nSPS) is 15.7. The summed E-state index contributed by atoms with van der Waals surface area (Å²) in [4.78, 5) is 15.1. The first kappa shape index (κ1) is 20.5. The van der Waals surface area contributed by atoms with Gasteiger partial charge in [0.2, 0.25) is 0 Å². The average molecular weight is 413 g/mol. The molecule has 0 spiro atoms. The summed E-state index contributed by atoms with van der Waals surface area (Å²) in [5.74, 6) is 0.943. The fourth-order valence-corrected chi connectivity index (χ4v) is 5.10. The summed E-state index contributed by atoms with van der Waals surface area (Å²) in [6, 6.07) is 2.22. The Labute approximate surface area is 177 Å². The van der Waals surface area contributed by atoms with Crippen molar-refractivity contribution in [3.8, 4) is 0 Å². The van der Waals surface area contributed by atoms with Crippen LogP contribution in [0.2, 0.25) is 0 Å². The molecule has 0 atom stereocenters. The molecule has 29 heavy (non-hydrogen) atoms. The van der Waals surface area contributed by atoms with Crippen LogP contribution in [0.4, 0.5) is 5.82 Å². The van der Waals surface area contributed by atoms with E-state index in [1.165, 1.54) is 50.5 Å². The van der Waals surface area contributed by atoms with Crippen molar-refractivity contribution in [3.05, 3.63) is 23.7 Å². The quantitative estimate of drug-likeness (QED) is 0.421. The maximum absolute atomic E-state index is 5.98. The standard InChI is InChI=1S/C23H32N4OS/c1-4-5-6-7-8-9-10-11-24-21-20-19(25-15-26-21)17-12-16-14-28-23(2,3)13-18(16)27-22(17)29-20/h12,15H,4-11,13-14H2,1-3H3,(H,24,25,26). The molecule has 4 rings (SSSR count). The molecule has 0 saturated carbocycles. The lowest BCUT2D eigenvalue weighted by molar-refractivity contribution is -0.0411. The van der Waals surface area contributed by atoms with Crippen LogP contribution in [0.3, 0.4) is 0 Å². The number of fused-ring (bicyclic) bond motifs is 4. The first-order valence-corrected chi connectivity index (χ1v) is 11.8. The van der Waals surface area contributed by atoms with Crippen LogP contribution in [0, 0.1) is 0 Å². The zero-order valence-electron chi connectivity index (χ0n) is 17.9. The van der Waals surface area contributed by atoms with Crippen LogP contribution in [0.25, 0.3) is 20.4 Å². The third kappa shape index (κ3) is 4.69. The van der Waals surface area contributed by atoms with Gasteiger partial charge in [-0.05, 0) is 26.3 Å². The summed E-state index contributed by atoms with van der Waals surface area (Å²) >= 11 is 1.70. The van der Waals surface area contributed by atoms with E-state index in [0.717, 1.165) is 44.9 Å². The molecule has 0 radical (unpaired) electrons. The first-order chi connectivity index (χ1) is 14.1. The number of thiophene rings is 1. The lowest BCUT2D eigenvalue weighted by atomic mass is 9.95. The number of hydrogen-bond acceptors (Lipinski definition) is 6. The summed E-state index contributed by atoms with van der Waals surface area (Å²) in [7, 11) is 0. The average Bonchev–Trinajstić information content (AvgIpc) is 3.06. The van der Waals surface area contributed by atoms with Gasteiger partial charge in [-0.15, -0.1) is 11.3 Å². The van der Waals surface area contributed by atoms with Crippen molar-refractivity contribution in [1.29, 1.82) is 0 Å². The highest BCUT2D eigenvalue weighted by molar-refractivity contribution is 7.25. The number of ether oxygens (including phenoxy) is 1. The first-order valence-electron chi connectivity index (χ1n) is 11.0. The highest BCUT2D eigenvalue weighted by Crippen LogP contribution is 2.37. The molecule has 0 saturated heterocycles. The summed E-state index contributed by atoms with van der Waals surface area (Å²) in [6.07, 6.45) is 11.7. The zero-order chi connectivity index (χ0) is 20.3. The molecule has 1 N–H and O–H groups in total. The molecule has 3 aromatic heterocycles. The van der Waals surface area contributed by atoms with Crippen molar-refractivity contribution in [2.75, 3.05) is 11.9 Å². The predicted octanol–water partition coefficient (Wildman–Crippen LogP) is 6.25. The molecule has 1 aliphatic heterocycles. The molecule has 3 aromatic rings. The molecule has 0 amide bonds. The largest absolute Gasteiger partial charge is 0.370 e. The highest BCUT2D eigenvalue weighted by atomic mass is 32.1. The minimum atomic E-state index is -0.145. The Morgan fingerprint density at radius 2 is 1.90 bits per heavy atom. The van der Waals surface area contributed by atoms with E-state index in [1.807, 2.05) is 0 Å². The Balaban J connectivity index is 1.47. The number of nitrogens with one attached hydrogen (secondary N) is 1. The highest BCUT2D eigenvalue weighted by Gasteiger charge is 2.28. The van der Waals surface area contributed by atoms with E-state index in [0.29, 0.717) is 6.61 Å². The molecule has 0 unspecified atom stereocenters. The third-order valence-corrected chi connectivity index (χ3v) is 6.79. The molecule has 5 nitrogen and oxygen atoms in total. The van der Waals surface area contributed by atoms with Gasteiger partial charge >= 0.3 is 0 Å². The second-order valence-corrected chi connectivity index (χ2v) is 9.72. The lowest BCUT2D eigenvalue weighted by Gasteiger charge is -2.30. The van der Waals surface area contributed by atoms with Gasteiger partial charge in [0, 0.05) is 23.9 Å². The smallest absolute Gasteiger partial charge is 0.147 e. The van der Waals surface area contributed by atoms with E-state index in [9.17, 15) is 0 Å². The fraction of sp³-hybridized carbons (Fsp3) is 0.609. The van der Waals surface area contributed by atoms with Gasteiger partial charge in [0.15, 0.2) is 0 Å². The van der Waals surface area contributed by atoms with Gasteiger partial charge in [0.05, 0.1) is 28.1 Å². The minimum Gasteiger partial charge on any atom is -0.370 e. The van der Waals surface area contributed by atoms with E-state index in [-0.39, 0.29) is 5.60 Å². The van der Waals surface area contributed by atoms with Crippen molar-refractivity contribution >= 4 is 37.6 Å². The Morgan fingerprint density at radius 1 is 1.10 bits per heavy atom. The number of rotatable bonds is 9. The van der Waals surface area contributed by atoms with E-state index in [4.69, 9.17) is 9.72 Å². The SMILES string of the molecule is CCCCCCCCCNc1ncnc2c1sc1nc3c(cc12)COC(C)(C)C3. The summed E-state index contributed by atoms with van der Waals surface area (Å²) in [5.41, 5.74) is 3.20. The van der Waals surface area contributed by atoms with Crippen LogP contribution in [-0.4, -0.2) is 27.1 Å². The van der Waals surface area contributed by atoms with Gasteiger partial charge in [-0.3, -0.25) is 0 Å². The van der Waals surface area contributed by atoms with Gasteiger partial charge in [0.1, 0.15) is 17.0 Å². The van der Waals surface area contributed by atoms with E-state index < -0.39 is 0 Å². The summed E-state index contributed by atoms with van der Waals surface area (Å²) < 4.78 is 7.09. The van der Waals surface area contributed by atoms with Crippen LogP contribution in [0.1, 0.15) is 77.0 Å². The number of pyridine rings is 1. The Bertz CT molecular complexity index is 982. The Morgan fingerprint density at radius 3 is 2.72 bits per heavy atom. The van der Waals surface area contributed by atoms with Crippen LogP contribution >= 0.6 is 11.3 Å². The van der Waals surface area contributed by atoms with Crippen LogP contribution in [0.15, 0.2) is 12.4 Å². The zero-order valence-corrected chi connectivity index (χ0v) is 18.7. The van der Waals surface area contributed by atoms with E-state index in [1.54, 1.807) is 17.7 Å². The van der Waals surface area contributed by atoms with Gasteiger partial charge < -0.3 is 10.1 Å². The fourth-order valence-electron chi connectivity index (χ4n) is 4.00. The summed E-state index contributed by atoms with van der Waals surface area (Å²) in [6.45, 7) is 8.10. The molecule has 4 heterocycles. The van der Waals surface area contributed by atoms with E-state index >= 15 is 0 Å². The van der Waals surface area contributed by atoms with Crippen molar-refractivity contribution in [2.24, 2.45) is 0 Å². The molecular weight excluding hydrogens is 380 g/mol. The van der Waals surface area contributed by atoms with Crippen LogP contribution in [-0.2, 0) is 17.8 Å². The maximum atomic E-state index is 5.98. The van der Waals surface area contributed by atoms with Gasteiger partial charge in [0.25, 0.3) is 0 Å². The molecule has 156 valence electrons. The molecule has 0 bridgehead atoms. The topological polar surface area (TPSA) is 59.9 Å². The van der Waals surface area contributed by atoms with Gasteiger partial charge in [-0.1, -0.05) is 45.4 Å². The number of unbranched alkanes of at least 4 members (excludes halogenated alkanes) is 6. The predicted molar refractivity (Wildman–Crippen MR) is 122 cm³/mol. The molecule has 0 aromatic carbocycles. The lowest BCUT2D eigenvalue weighted by Crippen LogP contribution is -2.32. The Kier molecular flexibility index (Phi) is 6.30. The van der Waals surface area contributed by atoms with Crippen molar-refractivity contribution in [3.63, 3.8) is 0 Å². The molecule has 6 heteroatoms. The molecule has 0 fully saturated rings. The minimum absolute atomic E-state index is 0.145. The maximum Gasteiger partial charge on any atom is 0.147 e. The molecule has 1 aliphatic rings. The number of nitrogens with zero attached hydrogens (tertiary/aromatic N) is 3.